The first-order valence-electron chi connectivity index (χ1n) is 5.16. The van der Waals surface area contributed by atoms with Gasteiger partial charge in [0.1, 0.15) is 5.60 Å². The third-order valence-corrected chi connectivity index (χ3v) is 3.55. The number of rotatable bonds is 0. The van der Waals surface area contributed by atoms with Crippen LogP contribution in [0.2, 0.25) is 0 Å². The lowest BCUT2D eigenvalue weighted by Gasteiger charge is -2.33. The van der Waals surface area contributed by atoms with Crippen LogP contribution < -0.4 is 0 Å². The molecule has 0 N–H and O–H groups in total. The number of carbonyl (C=O) groups is 1. The quantitative estimate of drug-likeness (QED) is 0.640. The zero-order chi connectivity index (χ0) is 11.6. The minimum absolute atomic E-state index is 0.147. The van der Waals surface area contributed by atoms with Crippen molar-refractivity contribution in [2.75, 3.05) is 6.54 Å². The van der Waals surface area contributed by atoms with Crippen LogP contribution in [-0.4, -0.2) is 29.2 Å². The van der Waals surface area contributed by atoms with E-state index in [9.17, 15) is 4.79 Å². The van der Waals surface area contributed by atoms with Gasteiger partial charge in [0.05, 0.1) is 6.04 Å². The third kappa shape index (κ3) is 3.66. The van der Waals surface area contributed by atoms with Crippen molar-refractivity contribution < 1.29 is 9.53 Å². The summed E-state index contributed by atoms with van der Waals surface area (Å²) in [6, 6.07) is 0.147. The Kier molecular flexibility index (Phi) is 4.03. The van der Waals surface area contributed by atoms with Crippen molar-refractivity contribution >= 4 is 28.7 Å². The first-order valence-corrected chi connectivity index (χ1v) is 6.24. The molecule has 0 spiro atoms. The predicted molar refractivity (Wildman–Crippen MR) is 69.1 cm³/mol. The molecule has 1 aliphatic heterocycles. The van der Waals surface area contributed by atoms with E-state index in [1.165, 1.54) is 3.58 Å². The molecular formula is C11H18INO2. The fourth-order valence-electron chi connectivity index (χ4n) is 1.42. The van der Waals surface area contributed by atoms with Gasteiger partial charge in [-0.15, -0.1) is 0 Å². The van der Waals surface area contributed by atoms with Crippen molar-refractivity contribution in [2.24, 2.45) is 0 Å². The van der Waals surface area contributed by atoms with Crippen LogP contribution in [-0.2, 0) is 4.74 Å². The van der Waals surface area contributed by atoms with Gasteiger partial charge in [0, 0.05) is 10.1 Å². The fourth-order valence-corrected chi connectivity index (χ4v) is 2.07. The van der Waals surface area contributed by atoms with Gasteiger partial charge in [-0.25, -0.2) is 4.79 Å². The molecule has 1 heterocycles. The smallest absolute Gasteiger partial charge is 0.410 e. The van der Waals surface area contributed by atoms with Gasteiger partial charge in [0.2, 0.25) is 0 Å². The molecule has 1 unspecified atom stereocenters. The first kappa shape index (κ1) is 12.8. The Morgan fingerprint density at radius 2 is 2.20 bits per heavy atom. The van der Waals surface area contributed by atoms with E-state index in [0.29, 0.717) is 0 Å². The standard InChI is InChI=1S/C11H18INO2/c1-8-9(12)6-5-7-13(8)10(14)15-11(2,3)4/h6,8H,5,7H2,1-4H3. The number of nitrogens with zero attached hydrogens (tertiary/aromatic N) is 1. The van der Waals surface area contributed by atoms with E-state index in [2.05, 4.69) is 28.7 Å². The molecule has 0 fully saturated rings. The van der Waals surface area contributed by atoms with Gasteiger partial charge >= 0.3 is 6.09 Å². The summed E-state index contributed by atoms with van der Waals surface area (Å²) in [4.78, 5) is 13.6. The summed E-state index contributed by atoms with van der Waals surface area (Å²) in [5.74, 6) is 0. The zero-order valence-corrected chi connectivity index (χ0v) is 11.9. The van der Waals surface area contributed by atoms with Gasteiger partial charge in [-0.3, -0.25) is 0 Å². The number of hydrogen-bond donors (Lipinski definition) is 0. The average molecular weight is 323 g/mol. The Balaban J connectivity index is 2.65. The summed E-state index contributed by atoms with van der Waals surface area (Å²) in [5.41, 5.74) is -0.413. The SMILES string of the molecule is CC1C(I)=CCCN1C(=O)OC(C)(C)C. The van der Waals surface area contributed by atoms with Crippen molar-refractivity contribution in [3.8, 4) is 0 Å². The van der Waals surface area contributed by atoms with E-state index in [1.54, 1.807) is 4.90 Å². The number of carbonyl (C=O) groups excluding carboxylic acids is 1. The molecule has 1 atom stereocenters. The van der Waals surface area contributed by atoms with Crippen LogP contribution in [0.4, 0.5) is 4.79 Å². The highest BCUT2D eigenvalue weighted by molar-refractivity contribution is 14.1. The maximum atomic E-state index is 11.8. The van der Waals surface area contributed by atoms with Crippen LogP contribution >= 0.6 is 22.6 Å². The molecule has 1 rings (SSSR count). The molecule has 3 nitrogen and oxygen atoms in total. The van der Waals surface area contributed by atoms with Gasteiger partial charge in [-0.05, 0) is 56.7 Å². The molecule has 15 heavy (non-hydrogen) atoms. The number of halogens is 1. The van der Waals surface area contributed by atoms with Crippen LogP contribution in [0.15, 0.2) is 9.66 Å². The number of hydrogen-bond acceptors (Lipinski definition) is 2. The molecule has 0 aliphatic carbocycles. The number of ether oxygens (including phenoxy) is 1. The normalized spacial score (nSPS) is 22.3. The van der Waals surface area contributed by atoms with E-state index in [4.69, 9.17) is 4.74 Å². The lowest BCUT2D eigenvalue weighted by Crippen LogP contribution is -2.44. The van der Waals surface area contributed by atoms with Gasteiger partial charge in [-0.2, -0.15) is 0 Å². The van der Waals surface area contributed by atoms with Crippen LogP contribution in [0, 0.1) is 0 Å². The molecule has 1 amide bonds. The second-order valence-corrected chi connectivity index (χ2v) is 5.97. The Morgan fingerprint density at radius 1 is 1.60 bits per heavy atom. The maximum Gasteiger partial charge on any atom is 0.410 e. The van der Waals surface area contributed by atoms with E-state index in [-0.39, 0.29) is 12.1 Å². The van der Waals surface area contributed by atoms with Crippen LogP contribution in [0.25, 0.3) is 0 Å². The fraction of sp³-hybridized carbons (Fsp3) is 0.727. The molecule has 0 saturated carbocycles. The Bertz CT molecular complexity index is 281. The van der Waals surface area contributed by atoms with E-state index >= 15 is 0 Å². The van der Waals surface area contributed by atoms with Crippen LogP contribution in [0.5, 0.6) is 0 Å². The van der Waals surface area contributed by atoms with Crippen molar-refractivity contribution in [1.29, 1.82) is 0 Å². The van der Waals surface area contributed by atoms with Crippen molar-refractivity contribution in [1.82, 2.24) is 4.90 Å². The summed E-state index contributed by atoms with van der Waals surface area (Å²) in [6.45, 7) is 8.45. The Morgan fingerprint density at radius 3 is 2.73 bits per heavy atom. The highest BCUT2D eigenvalue weighted by Crippen LogP contribution is 2.24. The third-order valence-electron chi connectivity index (χ3n) is 2.20. The minimum Gasteiger partial charge on any atom is -0.444 e. The van der Waals surface area contributed by atoms with Gasteiger partial charge in [0.25, 0.3) is 0 Å². The van der Waals surface area contributed by atoms with Crippen molar-refractivity contribution in [2.45, 2.75) is 45.8 Å². The minimum atomic E-state index is -0.413. The molecule has 0 saturated heterocycles. The molecule has 0 radical (unpaired) electrons. The predicted octanol–water partition coefficient (Wildman–Crippen LogP) is 3.33. The molecular weight excluding hydrogens is 305 g/mol. The van der Waals surface area contributed by atoms with Gasteiger partial charge in [0.15, 0.2) is 0 Å². The lowest BCUT2D eigenvalue weighted by atomic mass is 10.1. The summed E-state index contributed by atoms with van der Waals surface area (Å²) >= 11 is 2.28. The molecule has 0 bridgehead atoms. The molecule has 1 aliphatic rings. The van der Waals surface area contributed by atoms with Crippen LogP contribution in [0.3, 0.4) is 0 Å². The molecule has 0 aromatic heterocycles. The summed E-state index contributed by atoms with van der Waals surface area (Å²) in [6.07, 6.45) is 2.88. The molecule has 86 valence electrons. The van der Waals surface area contributed by atoms with Gasteiger partial charge < -0.3 is 9.64 Å². The number of amides is 1. The van der Waals surface area contributed by atoms with E-state index in [1.807, 2.05) is 27.7 Å². The molecule has 0 aromatic carbocycles. The summed E-state index contributed by atoms with van der Waals surface area (Å²) in [5, 5.41) is 0. The van der Waals surface area contributed by atoms with Crippen LogP contribution in [0.1, 0.15) is 34.1 Å². The monoisotopic (exact) mass is 323 g/mol. The first-order chi connectivity index (χ1) is 6.81. The summed E-state index contributed by atoms with van der Waals surface area (Å²) < 4.78 is 6.57. The lowest BCUT2D eigenvalue weighted by molar-refractivity contribution is 0.0204. The van der Waals surface area contributed by atoms with Gasteiger partial charge in [-0.1, -0.05) is 6.08 Å². The van der Waals surface area contributed by atoms with E-state index < -0.39 is 5.60 Å². The Labute approximate surface area is 105 Å². The highest BCUT2D eigenvalue weighted by Gasteiger charge is 2.28. The maximum absolute atomic E-state index is 11.8. The van der Waals surface area contributed by atoms with Crippen molar-refractivity contribution in [3.05, 3.63) is 9.66 Å². The molecule has 4 heteroatoms. The molecule has 0 aromatic rings. The second kappa shape index (κ2) is 4.72. The zero-order valence-electron chi connectivity index (χ0n) is 9.71. The topological polar surface area (TPSA) is 29.5 Å². The van der Waals surface area contributed by atoms with E-state index in [0.717, 1.165) is 13.0 Å². The highest BCUT2D eigenvalue weighted by atomic mass is 127. The van der Waals surface area contributed by atoms with Crippen molar-refractivity contribution in [3.63, 3.8) is 0 Å². The largest absolute Gasteiger partial charge is 0.444 e. The Hall–Kier alpha value is -0.260. The summed E-state index contributed by atoms with van der Waals surface area (Å²) in [7, 11) is 0. The average Bonchev–Trinajstić information content (AvgIpc) is 2.06. The second-order valence-electron chi connectivity index (χ2n) is 4.73.